The van der Waals surface area contributed by atoms with Crippen LogP contribution in [0.3, 0.4) is 0 Å². The van der Waals surface area contributed by atoms with Crippen molar-refractivity contribution in [2.24, 2.45) is 11.8 Å². The van der Waals surface area contributed by atoms with Gasteiger partial charge in [-0.05, 0) is 37.5 Å². The smallest absolute Gasteiger partial charge is 0.0317 e. The van der Waals surface area contributed by atoms with Crippen molar-refractivity contribution in [2.75, 3.05) is 0 Å². The maximum atomic E-state index is 2.34. The summed E-state index contributed by atoms with van der Waals surface area (Å²) in [7, 11) is 0. The number of hydrogen-bond donors (Lipinski definition) is 0. The van der Waals surface area contributed by atoms with Crippen LogP contribution in [0.4, 0.5) is 0 Å². The third-order valence-electron chi connectivity index (χ3n) is 2.71. The fraction of sp³-hybridized carbons (Fsp3) is 0.667. The van der Waals surface area contributed by atoms with E-state index in [0.717, 1.165) is 11.8 Å². The summed E-state index contributed by atoms with van der Waals surface area (Å²) in [5, 5.41) is 0. The van der Waals surface area contributed by atoms with Crippen molar-refractivity contribution >= 4 is 0 Å². The summed E-state index contributed by atoms with van der Waals surface area (Å²) in [6, 6.07) is 0. The number of allylic oxidation sites excluding steroid dienone is 4. The zero-order chi connectivity index (χ0) is 8.81. The Hall–Kier alpha value is -0.520. The Bertz CT molecular complexity index is 163. The van der Waals surface area contributed by atoms with E-state index in [-0.39, 0.29) is 0 Å². The molecule has 0 amide bonds. The maximum absolute atomic E-state index is 2.34. The van der Waals surface area contributed by atoms with E-state index >= 15 is 0 Å². The largest absolute Gasteiger partial charge is 0.0845 e. The lowest BCUT2D eigenvalue weighted by Gasteiger charge is -2.18. The highest BCUT2D eigenvalue weighted by atomic mass is 14.2. The van der Waals surface area contributed by atoms with Gasteiger partial charge in [-0.25, -0.2) is 0 Å². The molecule has 0 fully saturated rings. The summed E-state index contributed by atoms with van der Waals surface area (Å²) < 4.78 is 0. The molecule has 68 valence electrons. The van der Waals surface area contributed by atoms with Crippen molar-refractivity contribution in [1.29, 1.82) is 0 Å². The first-order chi connectivity index (χ1) is 5.80. The third-order valence-corrected chi connectivity index (χ3v) is 2.71. The number of hydrogen-bond acceptors (Lipinski definition) is 0. The van der Waals surface area contributed by atoms with E-state index in [4.69, 9.17) is 0 Å². The molecule has 0 saturated carbocycles. The second kappa shape index (κ2) is 5.18. The predicted molar refractivity (Wildman–Crippen MR) is 55.1 cm³/mol. The molecule has 1 aliphatic carbocycles. The SMILES string of the molecule is CC(C)C1C/C=C\C=C/CCC1. The summed E-state index contributed by atoms with van der Waals surface area (Å²) in [4.78, 5) is 0. The Morgan fingerprint density at radius 3 is 2.67 bits per heavy atom. The van der Waals surface area contributed by atoms with E-state index < -0.39 is 0 Å². The molecule has 0 heteroatoms. The zero-order valence-corrected chi connectivity index (χ0v) is 8.29. The molecule has 0 N–H and O–H groups in total. The van der Waals surface area contributed by atoms with Crippen LogP contribution in [0.15, 0.2) is 24.3 Å². The Kier molecular flexibility index (Phi) is 4.13. The van der Waals surface area contributed by atoms with E-state index in [0.29, 0.717) is 0 Å². The van der Waals surface area contributed by atoms with Crippen LogP contribution in [0, 0.1) is 11.8 Å². The van der Waals surface area contributed by atoms with Gasteiger partial charge in [-0.15, -0.1) is 0 Å². The first-order valence-corrected chi connectivity index (χ1v) is 5.12. The molecule has 0 saturated heterocycles. The first kappa shape index (κ1) is 9.57. The Balaban J connectivity index is 2.44. The van der Waals surface area contributed by atoms with E-state index in [9.17, 15) is 0 Å². The van der Waals surface area contributed by atoms with E-state index in [1.807, 2.05) is 0 Å². The molecular formula is C12H20. The molecule has 0 nitrogen and oxygen atoms in total. The lowest BCUT2D eigenvalue weighted by molar-refractivity contribution is 0.356. The average molecular weight is 164 g/mol. The fourth-order valence-corrected chi connectivity index (χ4v) is 1.73. The van der Waals surface area contributed by atoms with Gasteiger partial charge in [-0.3, -0.25) is 0 Å². The summed E-state index contributed by atoms with van der Waals surface area (Å²) >= 11 is 0. The monoisotopic (exact) mass is 164 g/mol. The van der Waals surface area contributed by atoms with Gasteiger partial charge in [0, 0.05) is 0 Å². The predicted octanol–water partition coefficient (Wildman–Crippen LogP) is 3.95. The topological polar surface area (TPSA) is 0 Å². The van der Waals surface area contributed by atoms with Gasteiger partial charge < -0.3 is 0 Å². The molecular weight excluding hydrogens is 144 g/mol. The van der Waals surface area contributed by atoms with Gasteiger partial charge in [0.1, 0.15) is 0 Å². The normalized spacial score (nSPS) is 30.4. The standard InChI is InChI=1S/C12H20/c1-11(2)12-9-7-5-3-4-6-8-10-12/h3-5,7,11-12H,6,8-10H2,1-2H3/b4-3-,7-5-. The molecule has 0 aliphatic heterocycles. The lowest BCUT2D eigenvalue weighted by atomic mass is 9.88. The Morgan fingerprint density at radius 2 is 1.92 bits per heavy atom. The van der Waals surface area contributed by atoms with Crippen molar-refractivity contribution in [1.82, 2.24) is 0 Å². The molecule has 0 aromatic carbocycles. The first-order valence-electron chi connectivity index (χ1n) is 5.12. The Labute approximate surface area is 76.4 Å². The van der Waals surface area contributed by atoms with Crippen molar-refractivity contribution in [3.8, 4) is 0 Å². The molecule has 0 bridgehead atoms. The van der Waals surface area contributed by atoms with E-state index in [1.165, 1.54) is 25.7 Å². The molecule has 1 rings (SSSR count). The lowest BCUT2D eigenvalue weighted by Crippen LogP contribution is -2.07. The van der Waals surface area contributed by atoms with Crippen molar-refractivity contribution in [3.05, 3.63) is 24.3 Å². The molecule has 0 aromatic heterocycles. The van der Waals surface area contributed by atoms with Gasteiger partial charge >= 0.3 is 0 Å². The van der Waals surface area contributed by atoms with Crippen LogP contribution in [-0.2, 0) is 0 Å². The van der Waals surface area contributed by atoms with Gasteiger partial charge in [0.15, 0.2) is 0 Å². The van der Waals surface area contributed by atoms with Crippen LogP contribution in [0.1, 0.15) is 39.5 Å². The third kappa shape index (κ3) is 3.25. The van der Waals surface area contributed by atoms with Crippen molar-refractivity contribution < 1.29 is 0 Å². The minimum Gasteiger partial charge on any atom is -0.0845 e. The van der Waals surface area contributed by atoms with Crippen LogP contribution in [0.25, 0.3) is 0 Å². The van der Waals surface area contributed by atoms with Crippen molar-refractivity contribution in [2.45, 2.75) is 39.5 Å². The quantitative estimate of drug-likeness (QED) is 0.550. The zero-order valence-electron chi connectivity index (χ0n) is 8.29. The summed E-state index contributed by atoms with van der Waals surface area (Å²) in [6.07, 6.45) is 14.2. The highest BCUT2D eigenvalue weighted by Crippen LogP contribution is 2.23. The average Bonchev–Trinajstić information content (AvgIpc) is 2.15. The van der Waals surface area contributed by atoms with Gasteiger partial charge in [-0.2, -0.15) is 0 Å². The van der Waals surface area contributed by atoms with E-state index in [1.54, 1.807) is 0 Å². The van der Waals surface area contributed by atoms with Crippen molar-refractivity contribution in [3.63, 3.8) is 0 Å². The molecule has 0 spiro atoms. The minimum absolute atomic E-state index is 0.841. The molecule has 12 heavy (non-hydrogen) atoms. The fourth-order valence-electron chi connectivity index (χ4n) is 1.73. The van der Waals surface area contributed by atoms with Crippen LogP contribution < -0.4 is 0 Å². The highest BCUT2D eigenvalue weighted by molar-refractivity contribution is 5.03. The summed E-state index contributed by atoms with van der Waals surface area (Å²) in [5.74, 6) is 1.74. The Morgan fingerprint density at radius 1 is 1.17 bits per heavy atom. The molecule has 0 aromatic rings. The molecule has 0 radical (unpaired) electrons. The summed E-state index contributed by atoms with van der Waals surface area (Å²) in [6.45, 7) is 4.67. The molecule has 1 aliphatic rings. The van der Waals surface area contributed by atoms with Gasteiger partial charge in [0.05, 0.1) is 0 Å². The highest BCUT2D eigenvalue weighted by Gasteiger charge is 2.10. The molecule has 1 atom stereocenters. The second-order valence-corrected chi connectivity index (χ2v) is 4.03. The second-order valence-electron chi connectivity index (χ2n) is 4.03. The molecule has 0 heterocycles. The summed E-state index contributed by atoms with van der Waals surface area (Å²) in [5.41, 5.74) is 0. The van der Waals surface area contributed by atoms with Gasteiger partial charge in [-0.1, -0.05) is 38.2 Å². The van der Waals surface area contributed by atoms with Gasteiger partial charge in [0.25, 0.3) is 0 Å². The van der Waals surface area contributed by atoms with Gasteiger partial charge in [0.2, 0.25) is 0 Å². The van der Waals surface area contributed by atoms with Crippen LogP contribution in [0.5, 0.6) is 0 Å². The molecule has 1 unspecified atom stereocenters. The maximum Gasteiger partial charge on any atom is -0.0317 e. The van der Waals surface area contributed by atoms with Crippen LogP contribution >= 0.6 is 0 Å². The van der Waals surface area contributed by atoms with E-state index in [2.05, 4.69) is 38.2 Å². The van der Waals surface area contributed by atoms with Crippen LogP contribution in [0.2, 0.25) is 0 Å². The van der Waals surface area contributed by atoms with Crippen LogP contribution in [-0.4, -0.2) is 0 Å². The minimum atomic E-state index is 0.841. The number of rotatable bonds is 1.